The molecule has 0 aliphatic heterocycles. The molecule has 0 unspecified atom stereocenters. The molecule has 0 amide bonds. The lowest BCUT2D eigenvalue weighted by Gasteiger charge is -2.08. The van der Waals surface area contributed by atoms with E-state index in [1.165, 1.54) is 11.9 Å². The van der Waals surface area contributed by atoms with Crippen molar-refractivity contribution in [2.24, 2.45) is 7.05 Å². The fourth-order valence-corrected chi connectivity index (χ4v) is 4.72. The van der Waals surface area contributed by atoms with Crippen LogP contribution in [0.3, 0.4) is 0 Å². The maximum Gasteiger partial charge on any atom is 0.355 e. The molecule has 0 atom stereocenters. The predicted molar refractivity (Wildman–Crippen MR) is 107 cm³/mol. The predicted octanol–water partition coefficient (Wildman–Crippen LogP) is 5.33. The lowest BCUT2D eigenvalue weighted by Crippen LogP contribution is -2.11. The molecule has 0 aliphatic rings. The van der Waals surface area contributed by atoms with Gasteiger partial charge in [-0.3, -0.25) is 0 Å². The topological polar surface area (TPSA) is 55.0 Å². The van der Waals surface area contributed by atoms with Gasteiger partial charge in [0.15, 0.2) is 0 Å². The number of hydrogen-bond acceptors (Lipinski definition) is 5. The Balaban J connectivity index is 2.13. The average Bonchev–Trinajstić information content (AvgIpc) is 3.25. The first kappa shape index (κ1) is 19.2. The highest BCUT2D eigenvalue weighted by atomic mass is 32.2. The fourth-order valence-electron chi connectivity index (χ4n) is 2.93. The highest BCUT2D eigenvalue weighted by molar-refractivity contribution is 7.98. The molecule has 3 rings (SSSR count). The van der Waals surface area contributed by atoms with Crippen molar-refractivity contribution in [1.29, 1.82) is 5.26 Å². The highest BCUT2D eigenvalue weighted by Crippen LogP contribution is 2.37. The van der Waals surface area contributed by atoms with Crippen LogP contribution in [0.25, 0.3) is 21.6 Å². The molecule has 0 spiro atoms. The molecule has 0 fully saturated rings. The zero-order valence-electron chi connectivity index (χ0n) is 15.1. The Labute approximate surface area is 165 Å². The van der Waals surface area contributed by atoms with Crippen molar-refractivity contribution in [3.05, 3.63) is 52.9 Å². The first-order valence-electron chi connectivity index (χ1n) is 8.21. The molecular weight excluding hydrogens is 383 g/mol. The number of thiophene rings is 1. The normalized spacial score (nSPS) is 10.6. The van der Waals surface area contributed by atoms with E-state index in [9.17, 15) is 14.4 Å². The second-order valence-corrected chi connectivity index (χ2v) is 7.44. The van der Waals surface area contributed by atoms with Crippen molar-refractivity contribution in [2.75, 3.05) is 12.9 Å². The van der Waals surface area contributed by atoms with Crippen LogP contribution >= 0.6 is 23.1 Å². The molecule has 27 heavy (non-hydrogen) atoms. The van der Waals surface area contributed by atoms with Gasteiger partial charge in [0.2, 0.25) is 5.95 Å². The minimum absolute atomic E-state index is 0.0413. The van der Waals surface area contributed by atoms with E-state index in [1.54, 1.807) is 42.2 Å². The minimum Gasteiger partial charge on any atom is -0.461 e. The number of rotatable bonds is 5. The number of hydrogen-bond donors (Lipinski definition) is 0. The van der Waals surface area contributed by atoms with Gasteiger partial charge in [0.05, 0.1) is 6.61 Å². The summed E-state index contributed by atoms with van der Waals surface area (Å²) >= 11 is 3.32. The van der Waals surface area contributed by atoms with Crippen LogP contribution < -0.4 is 0 Å². The Kier molecular flexibility index (Phi) is 5.68. The van der Waals surface area contributed by atoms with Crippen molar-refractivity contribution in [2.45, 2.75) is 11.8 Å². The van der Waals surface area contributed by atoms with Gasteiger partial charge in [0.25, 0.3) is 0 Å². The lowest BCUT2D eigenvalue weighted by molar-refractivity contribution is 0.0514. The molecule has 0 saturated carbocycles. The molecule has 138 valence electrons. The quantitative estimate of drug-likeness (QED) is 0.429. The molecule has 0 aliphatic carbocycles. The van der Waals surface area contributed by atoms with E-state index in [0.29, 0.717) is 5.56 Å². The third-order valence-electron chi connectivity index (χ3n) is 4.19. The Morgan fingerprint density at radius 2 is 1.96 bits per heavy atom. The van der Waals surface area contributed by atoms with Crippen LogP contribution in [-0.4, -0.2) is 23.4 Å². The third kappa shape index (κ3) is 3.38. The molecule has 0 radical (unpaired) electrons. The van der Waals surface area contributed by atoms with Gasteiger partial charge in [0, 0.05) is 22.4 Å². The Bertz CT molecular complexity index is 1030. The van der Waals surface area contributed by atoms with Crippen molar-refractivity contribution in [1.82, 2.24) is 4.57 Å². The molecule has 0 bridgehead atoms. The number of nitriles is 1. The molecule has 2 heterocycles. The van der Waals surface area contributed by atoms with Crippen molar-refractivity contribution in [3.63, 3.8) is 0 Å². The molecule has 3 aromatic rings. The maximum atomic E-state index is 14.5. The number of aromatic nitrogens is 1. The van der Waals surface area contributed by atoms with E-state index in [0.717, 1.165) is 15.0 Å². The number of esters is 1. The molecule has 4 nitrogen and oxygen atoms in total. The number of carbonyl (C=O) groups excluding carboxylic acids is 1. The average molecular weight is 401 g/mol. The van der Waals surface area contributed by atoms with Crippen LogP contribution in [-0.2, 0) is 11.8 Å². The second-order valence-electron chi connectivity index (χ2n) is 5.68. The Hall–Kier alpha value is -2.56. The number of thioether (sulfide) groups is 1. The minimum atomic E-state index is -0.748. The van der Waals surface area contributed by atoms with E-state index in [1.807, 2.05) is 29.8 Å². The first-order valence-corrected chi connectivity index (χ1v) is 10.3. The van der Waals surface area contributed by atoms with Gasteiger partial charge in [-0.25, -0.2) is 4.79 Å². The smallest absolute Gasteiger partial charge is 0.355 e. The summed E-state index contributed by atoms with van der Waals surface area (Å²) in [5, 5.41) is 11.5. The van der Waals surface area contributed by atoms with Crippen LogP contribution in [0.2, 0.25) is 0 Å². The van der Waals surface area contributed by atoms with Crippen molar-refractivity contribution < 1.29 is 13.9 Å². The summed E-state index contributed by atoms with van der Waals surface area (Å²) in [6.07, 6.45) is 2.03. The van der Waals surface area contributed by atoms with E-state index < -0.39 is 11.9 Å². The summed E-state index contributed by atoms with van der Waals surface area (Å²) < 4.78 is 20.6. The molecule has 7 heteroatoms. The number of halogens is 1. The van der Waals surface area contributed by atoms with Crippen LogP contribution in [0.4, 0.5) is 4.39 Å². The van der Waals surface area contributed by atoms with Gasteiger partial charge in [-0.1, -0.05) is 24.3 Å². The Morgan fingerprint density at radius 1 is 1.30 bits per heavy atom. The zero-order chi connectivity index (χ0) is 19.6. The summed E-state index contributed by atoms with van der Waals surface area (Å²) in [5.74, 6) is -1.40. The first-order chi connectivity index (χ1) is 13.0. The van der Waals surface area contributed by atoms with Gasteiger partial charge in [-0.05, 0) is 35.8 Å². The summed E-state index contributed by atoms with van der Waals surface area (Å²) in [4.78, 5) is 14.7. The zero-order valence-corrected chi connectivity index (χ0v) is 16.7. The fraction of sp³-hybridized carbons (Fsp3) is 0.200. The van der Waals surface area contributed by atoms with E-state index in [-0.39, 0.29) is 23.4 Å². The SMILES string of the molecule is CCOC(=O)c1c(-c2ccc(-c3sccc3SC)cc2)c(C#N)c(F)n1C. The number of ether oxygens (including phenoxy) is 1. The number of benzene rings is 1. The van der Waals surface area contributed by atoms with Gasteiger partial charge >= 0.3 is 5.97 Å². The van der Waals surface area contributed by atoms with Crippen molar-refractivity contribution in [3.8, 4) is 27.6 Å². The van der Waals surface area contributed by atoms with Gasteiger partial charge in [0.1, 0.15) is 17.3 Å². The molecular formula is C20H17FN2O2S2. The largest absolute Gasteiger partial charge is 0.461 e. The monoisotopic (exact) mass is 400 g/mol. The third-order valence-corrected chi connectivity index (χ3v) is 6.06. The summed E-state index contributed by atoms with van der Waals surface area (Å²) in [5.41, 5.74) is 1.78. The van der Waals surface area contributed by atoms with E-state index in [4.69, 9.17) is 4.74 Å². The summed E-state index contributed by atoms with van der Waals surface area (Å²) in [7, 11) is 1.41. The van der Waals surface area contributed by atoms with Crippen LogP contribution in [0, 0.1) is 17.3 Å². The van der Waals surface area contributed by atoms with Gasteiger partial charge in [-0.15, -0.1) is 23.1 Å². The molecule has 1 aromatic carbocycles. The molecule has 0 saturated heterocycles. The van der Waals surface area contributed by atoms with E-state index in [2.05, 4.69) is 6.07 Å². The Morgan fingerprint density at radius 3 is 2.56 bits per heavy atom. The standard InChI is InChI=1S/C20H17FN2O2S2/c1-4-25-20(24)17-16(14(11-22)19(21)23(17)2)12-5-7-13(8-6-12)18-15(26-3)9-10-27-18/h5-10H,4H2,1-3H3. The lowest BCUT2D eigenvalue weighted by atomic mass is 10.00. The van der Waals surface area contributed by atoms with Crippen molar-refractivity contribution >= 4 is 29.1 Å². The second kappa shape index (κ2) is 7.99. The number of nitrogens with zero attached hydrogens (tertiary/aromatic N) is 2. The number of carbonyl (C=O) groups is 1. The molecule has 2 aromatic heterocycles. The van der Waals surface area contributed by atoms with Gasteiger partial charge < -0.3 is 9.30 Å². The van der Waals surface area contributed by atoms with Crippen LogP contribution in [0.1, 0.15) is 23.0 Å². The van der Waals surface area contributed by atoms with Crippen LogP contribution in [0.5, 0.6) is 0 Å². The van der Waals surface area contributed by atoms with Gasteiger partial charge in [-0.2, -0.15) is 9.65 Å². The maximum absolute atomic E-state index is 14.5. The highest BCUT2D eigenvalue weighted by Gasteiger charge is 2.27. The summed E-state index contributed by atoms with van der Waals surface area (Å²) in [6, 6.07) is 11.4. The van der Waals surface area contributed by atoms with Crippen LogP contribution in [0.15, 0.2) is 40.6 Å². The van der Waals surface area contributed by atoms with E-state index >= 15 is 0 Å². The summed E-state index contributed by atoms with van der Waals surface area (Å²) in [6.45, 7) is 1.85. The molecule has 0 N–H and O–H groups in total.